The molecule has 0 bridgehead atoms. The largest absolute Gasteiger partial charge is 0.511 e. The quantitative estimate of drug-likeness (QED) is 0.524. The molecule has 1 aliphatic heterocycles. The second-order valence-electron chi connectivity index (χ2n) is 7.98. The Hall–Kier alpha value is -2.58. The zero-order valence-electron chi connectivity index (χ0n) is 17.2. The monoisotopic (exact) mass is 450 g/mol. The molecular weight excluding hydrogens is 424 g/mol. The number of amides is 2. The van der Waals surface area contributed by atoms with E-state index < -0.39 is 24.3 Å². The number of carbonyl (C=O) groups is 3. The third kappa shape index (κ3) is 6.45. The van der Waals surface area contributed by atoms with E-state index in [4.69, 9.17) is 21.4 Å². The first kappa shape index (κ1) is 23.1. The molecule has 0 atom stereocenters. The maximum atomic E-state index is 12.7. The first-order valence-electron chi connectivity index (χ1n) is 10.4. The van der Waals surface area contributed by atoms with Gasteiger partial charge < -0.3 is 25.2 Å². The van der Waals surface area contributed by atoms with Crippen LogP contribution in [-0.4, -0.2) is 58.6 Å². The molecule has 0 unspecified atom stereocenters. The molecule has 9 heteroatoms. The van der Waals surface area contributed by atoms with Crippen LogP contribution in [0.15, 0.2) is 35.6 Å². The Morgan fingerprint density at radius 2 is 1.84 bits per heavy atom. The minimum Gasteiger partial charge on any atom is -0.511 e. The number of halogens is 1. The predicted octanol–water partition coefficient (Wildman–Crippen LogP) is 2.66. The van der Waals surface area contributed by atoms with Crippen molar-refractivity contribution in [2.45, 2.75) is 44.8 Å². The Balaban J connectivity index is 1.46. The lowest BCUT2D eigenvalue weighted by molar-refractivity contribution is -0.138. The topological polar surface area (TPSA) is 116 Å². The Bertz CT molecular complexity index is 846. The zero-order valence-corrected chi connectivity index (χ0v) is 17.9. The molecule has 1 fully saturated rings. The third-order valence-electron chi connectivity index (χ3n) is 5.71. The van der Waals surface area contributed by atoms with Crippen molar-refractivity contribution in [3.8, 4) is 0 Å². The number of aliphatic hydroxyl groups excluding tert-OH is 1. The molecule has 1 aromatic carbocycles. The normalized spacial score (nSPS) is 21.8. The first-order chi connectivity index (χ1) is 14.8. The summed E-state index contributed by atoms with van der Waals surface area (Å²) in [5.41, 5.74) is 0.721. The molecule has 3 rings (SSSR count). The number of carboxylic acid groups (broad SMARTS) is 1. The van der Waals surface area contributed by atoms with Gasteiger partial charge in [0.1, 0.15) is 17.9 Å². The fourth-order valence-corrected chi connectivity index (χ4v) is 4.11. The van der Waals surface area contributed by atoms with Gasteiger partial charge in [-0.2, -0.15) is 0 Å². The Kier molecular flexibility index (Phi) is 7.92. The van der Waals surface area contributed by atoms with Crippen LogP contribution in [0.4, 0.5) is 0 Å². The van der Waals surface area contributed by atoms with Crippen molar-refractivity contribution >= 4 is 29.4 Å². The van der Waals surface area contributed by atoms with Crippen LogP contribution in [0.25, 0.3) is 0 Å². The van der Waals surface area contributed by atoms with Gasteiger partial charge in [0.15, 0.2) is 0 Å². The number of hydrogen-bond donors (Lipinski definition) is 3. The van der Waals surface area contributed by atoms with Crippen LogP contribution in [0.5, 0.6) is 0 Å². The van der Waals surface area contributed by atoms with Crippen LogP contribution in [-0.2, 0) is 25.7 Å². The molecule has 1 heterocycles. The average Bonchev–Trinajstić information content (AvgIpc) is 2.75. The van der Waals surface area contributed by atoms with Gasteiger partial charge in [0, 0.05) is 24.5 Å². The molecule has 8 nitrogen and oxygen atoms in total. The molecule has 2 aliphatic rings. The van der Waals surface area contributed by atoms with E-state index in [0.29, 0.717) is 30.6 Å². The number of carbonyl (C=O) groups excluding carboxylic acids is 2. The summed E-state index contributed by atoms with van der Waals surface area (Å²) in [6.07, 6.45) is 3.96. The third-order valence-corrected chi connectivity index (χ3v) is 5.96. The number of nitrogens with zero attached hydrogens (tertiary/aromatic N) is 1. The molecule has 168 valence electrons. The molecule has 1 saturated carbocycles. The number of rotatable bonds is 8. The Morgan fingerprint density at radius 1 is 1.16 bits per heavy atom. The molecule has 0 saturated heterocycles. The summed E-state index contributed by atoms with van der Waals surface area (Å²) in [4.78, 5) is 37.1. The van der Waals surface area contributed by atoms with E-state index in [0.717, 1.165) is 31.2 Å². The van der Waals surface area contributed by atoms with E-state index >= 15 is 0 Å². The number of ether oxygens (including phenoxy) is 1. The highest BCUT2D eigenvalue weighted by Gasteiger charge is 2.34. The lowest BCUT2D eigenvalue weighted by Gasteiger charge is -2.34. The van der Waals surface area contributed by atoms with Crippen molar-refractivity contribution < 1.29 is 29.3 Å². The highest BCUT2D eigenvalue weighted by Crippen LogP contribution is 2.29. The van der Waals surface area contributed by atoms with E-state index in [-0.39, 0.29) is 23.9 Å². The summed E-state index contributed by atoms with van der Waals surface area (Å²) in [7, 11) is 0. The molecule has 0 aromatic heterocycles. The van der Waals surface area contributed by atoms with Gasteiger partial charge in [-0.15, -0.1) is 0 Å². The van der Waals surface area contributed by atoms with Gasteiger partial charge in [-0.3, -0.25) is 14.4 Å². The summed E-state index contributed by atoms with van der Waals surface area (Å²) in [6.45, 7) is 0.776. The van der Waals surface area contributed by atoms with E-state index in [1.54, 1.807) is 4.90 Å². The van der Waals surface area contributed by atoms with Gasteiger partial charge in [0.25, 0.3) is 11.8 Å². The molecule has 3 N–H and O–H groups in total. The van der Waals surface area contributed by atoms with Crippen molar-refractivity contribution in [2.24, 2.45) is 5.92 Å². The van der Waals surface area contributed by atoms with Gasteiger partial charge >= 0.3 is 5.97 Å². The Labute approximate surface area is 185 Å². The number of aliphatic carboxylic acids is 1. The van der Waals surface area contributed by atoms with E-state index in [2.05, 4.69) is 5.32 Å². The highest BCUT2D eigenvalue weighted by atomic mass is 35.5. The van der Waals surface area contributed by atoms with E-state index in [1.165, 1.54) is 0 Å². The minimum absolute atomic E-state index is 0.172. The Morgan fingerprint density at radius 3 is 2.48 bits per heavy atom. The molecule has 0 radical (unpaired) electrons. The average molecular weight is 451 g/mol. The molecule has 1 aliphatic carbocycles. The molecule has 31 heavy (non-hydrogen) atoms. The minimum atomic E-state index is -1.22. The second kappa shape index (κ2) is 10.6. The summed E-state index contributed by atoms with van der Waals surface area (Å²) in [6, 6.07) is 7.58. The first-order valence-corrected chi connectivity index (χ1v) is 10.8. The van der Waals surface area contributed by atoms with Crippen molar-refractivity contribution in [3.63, 3.8) is 0 Å². The number of hydrogen-bond acceptors (Lipinski definition) is 5. The molecule has 2 amide bonds. The van der Waals surface area contributed by atoms with Crippen LogP contribution < -0.4 is 5.32 Å². The number of aliphatic hydroxyl groups is 1. The lowest BCUT2D eigenvalue weighted by Crippen LogP contribution is -2.45. The maximum absolute atomic E-state index is 12.7. The van der Waals surface area contributed by atoms with Crippen molar-refractivity contribution in [2.75, 3.05) is 19.6 Å². The van der Waals surface area contributed by atoms with Gasteiger partial charge in [0.2, 0.25) is 0 Å². The fourth-order valence-electron chi connectivity index (χ4n) is 3.98. The SMILES string of the molecule is O=C(O)CNC(=O)C1=C(O)CCN(C[C@H]2CC[C@H](OCc3ccc(Cl)cc3)CC2)C1=O. The van der Waals surface area contributed by atoms with Crippen LogP contribution in [0.3, 0.4) is 0 Å². The molecular formula is C22H27ClN2O6. The van der Waals surface area contributed by atoms with Crippen molar-refractivity contribution in [1.29, 1.82) is 0 Å². The second-order valence-corrected chi connectivity index (χ2v) is 8.42. The molecule has 0 spiro atoms. The van der Waals surface area contributed by atoms with Gasteiger partial charge in [-0.05, 0) is 49.3 Å². The van der Waals surface area contributed by atoms with E-state index in [9.17, 15) is 19.5 Å². The van der Waals surface area contributed by atoms with E-state index in [1.807, 2.05) is 24.3 Å². The summed E-state index contributed by atoms with van der Waals surface area (Å²) in [5.74, 6) is -2.61. The summed E-state index contributed by atoms with van der Waals surface area (Å²) in [5, 5.41) is 21.5. The smallest absolute Gasteiger partial charge is 0.322 e. The number of carboxylic acids is 1. The lowest BCUT2D eigenvalue weighted by atomic mass is 9.86. The van der Waals surface area contributed by atoms with Crippen LogP contribution >= 0.6 is 11.6 Å². The summed E-state index contributed by atoms with van der Waals surface area (Å²) >= 11 is 5.90. The predicted molar refractivity (Wildman–Crippen MR) is 113 cm³/mol. The van der Waals surface area contributed by atoms with Gasteiger partial charge in [0.05, 0.1) is 12.7 Å². The standard InChI is InChI=1S/C22H27ClN2O6/c23-16-5-1-15(2-6-16)13-31-17-7-3-14(4-8-17)12-25-10-9-18(26)20(22(25)30)21(29)24-11-19(27)28/h1-2,5-6,14,17,26H,3-4,7-13H2,(H,24,29)(H,27,28)/t14-,17-. The van der Waals surface area contributed by atoms with Crippen LogP contribution in [0.1, 0.15) is 37.7 Å². The van der Waals surface area contributed by atoms with Crippen molar-refractivity contribution in [3.05, 3.63) is 46.2 Å². The maximum Gasteiger partial charge on any atom is 0.322 e. The summed E-state index contributed by atoms with van der Waals surface area (Å²) < 4.78 is 6.01. The van der Waals surface area contributed by atoms with Gasteiger partial charge in [-0.25, -0.2) is 0 Å². The zero-order chi connectivity index (χ0) is 22.4. The molecule has 1 aromatic rings. The number of benzene rings is 1. The van der Waals surface area contributed by atoms with Crippen molar-refractivity contribution in [1.82, 2.24) is 10.2 Å². The van der Waals surface area contributed by atoms with Crippen LogP contribution in [0.2, 0.25) is 5.02 Å². The van der Waals surface area contributed by atoms with Gasteiger partial charge in [-0.1, -0.05) is 23.7 Å². The fraction of sp³-hybridized carbons (Fsp3) is 0.500. The number of nitrogens with one attached hydrogen (secondary N) is 1. The highest BCUT2D eigenvalue weighted by molar-refractivity contribution is 6.30. The van der Waals surface area contributed by atoms with Crippen LogP contribution in [0, 0.1) is 5.92 Å².